The van der Waals surface area contributed by atoms with E-state index < -0.39 is 23.1 Å². The highest BCUT2D eigenvalue weighted by atomic mass is 19.1. The standard InChI is InChI=1S/C32H28F2N8O4/c1-39-27(19-41-10-2-9-36-41)30(32(44)42(39)23-6-3-21(33)4-7-23)31(43)37-22-5-8-28(24(34)16-22)46-29-15-20-18-35-38-25(20)17-26(29)40-11-13-45-14-12-40/h2-10,15-18H,11-14,19H2,1H3,(H,35,38)(H,37,43). The fourth-order valence-corrected chi connectivity index (χ4v) is 5.54. The highest BCUT2D eigenvalue weighted by Crippen LogP contribution is 2.37. The van der Waals surface area contributed by atoms with Crippen LogP contribution < -0.4 is 20.5 Å². The van der Waals surface area contributed by atoms with Crippen LogP contribution in [0.3, 0.4) is 0 Å². The number of nitrogens with one attached hydrogen (secondary N) is 2. The molecule has 4 heterocycles. The van der Waals surface area contributed by atoms with Crippen LogP contribution in [0.1, 0.15) is 16.1 Å². The van der Waals surface area contributed by atoms with Gasteiger partial charge < -0.3 is 19.7 Å². The van der Waals surface area contributed by atoms with Crippen molar-refractivity contribution in [1.29, 1.82) is 0 Å². The number of rotatable bonds is 8. The number of nitrogens with zero attached hydrogens (tertiary/aromatic N) is 6. The molecule has 0 bridgehead atoms. The normalized spacial score (nSPS) is 13.3. The summed E-state index contributed by atoms with van der Waals surface area (Å²) in [6.45, 7) is 2.51. The molecule has 12 nitrogen and oxygen atoms in total. The number of amides is 1. The Balaban J connectivity index is 1.18. The zero-order valence-corrected chi connectivity index (χ0v) is 24.6. The third-order valence-corrected chi connectivity index (χ3v) is 7.84. The molecule has 3 aromatic heterocycles. The van der Waals surface area contributed by atoms with E-state index in [4.69, 9.17) is 9.47 Å². The van der Waals surface area contributed by atoms with Crippen LogP contribution in [-0.2, 0) is 18.3 Å². The number of H-pyrrole nitrogens is 1. The summed E-state index contributed by atoms with van der Waals surface area (Å²) in [5.74, 6) is -1.52. The molecule has 234 valence electrons. The van der Waals surface area contributed by atoms with Crippen molar-refractivity contribution in [1.82, 2.24) is 29.3 Å². The first-order chi connectivity index (χ1) is 22.4. The van der Waals surface area contributed by atoms with Crippen molar-refractivity contribution in [3.8, 4) is 17.2 Å². The summed E-state index contributed by atoms with van der Waals surface area (Å²) in [5.41, 5.74) is 1.64. The predicted molar refractivity (Wildman–Crippen MR) is 166 cm³/mol. The van der Waals surface area contributed by atoms with Gasteiger partial charge in [0.1, 0.15) is 11.4 Å². The minimum Gasteiger partial charge on any atom is -0.452 e. The second-order valence-electron chi connectivity index (χ2n) is 10.7. The van der Waals surface area contributed by atoms with E-state index in [9.17, 15) is 14.0 Å². The Morgan fingerprint density at radius 3 is 2.61 bits per heavy atom. The Morgan fingerprint density at radius 1 is 1.07 bits per heavy atom. The first-order valence-electron chi connectivity index (χ1n) is 14.5. The molecule has 0 radical (unpaired) electrons. The summed E-state index contributed by atoms with van der Waals surface area (Å²) in [7, 11) is 1.62. The number of anilines is 2. The van der Waals surface area contributed by atoms with Crippen molar-refractivity contribution in [3.05, 3.63) is 112 Å². The number of halogens is 2. The van der Waals surface area contributed by atoms with Gasteiger partial charge in [0.2, 0.25) is 0 Å². The predicted octanol–water partition coefficient (Wildman–Crippen LogP) is 4.46. The summed E-state index contributed by atoms with van der Waals surface area (Å²) >= 11 is 0. The van der Waals surface area contributed by atoms with Crippen LogP contribution in [0.25, 0.3) is 16.6 Å². The minimum atomic E-state index is -0.739. The molecule has 1 saturated heterocycles. The molecule has 0 aliphatic carbocycles. The van der Waals surface area contributed by atoms with Crippen LogP contribution in [0.5, 0.6) is 11.5 Å². The SMILES string of the molecule is Cn1c(Cn2cccn2)c(C(=O)Nc2ccc(Oc3cc4cn[nH]c4cc3N3CCOCC3)c(F)c2)c(=O)n1-c1ccc(F)cc1. The van der Waals surface area contributed by atoms with Gasteiger partial charge in [-0.15, -0.1) is 0 Å². The lowest BCUT2D eigenvalue weighted by Gasteiger charge is -2.30. The molecule has 6 aromatic rings. The van der Waals surface area contributed by atoms with Gasteiger partial charge in [-0.2, -0.15) is 10.2 Å². The average molecular weight is 627 g/mol. The fraction of sp³-hybridized carbons (Fsp3) is 0.188. The lowest BCUT2D eigenvalue weighted by atomic mass is 10.2. The third-order valence-electron chi connectivity index (χ3n) is 7.84. The van der Waals surface area contributed by atoms with Crippen molar-refractivity contribution < 1.29 is 23.0 Å². The van der Waals surface area contributed by atoms with Crippen LogP contribution in [0.15, 0.2) is 84.0 Å². The Bertz CT molecular complexity index is 2100. The number of ether oxygens (including phenoxy) is 2. The largest absolute Gasteiger partial charge is 0.452 e. The number of aromatic amines is 1. The van der Waals surface area contributed by atoms with Gasteiger partial charge in [-0.3, -0.25) is 24.1 Å². The monoisotopic (exact) mass is 626 g/mol. The van der Waals surface area contributed by atoms with Gasteiger partial charge in [0.25, 0.3) is 11.5 Å². The van der Waals surface area contributed by atoms with E-state index in [1.807, 2.05) is 6.07 Å². The summed E-state index contributed by atoms with van der Waals surface area (Å²) < 4.78 is 45.1. The topological polar surface area (TPSA) is 124 Å². The molecule has 0 spiro atoms. The van der Waals surface area contributed by atoms with Gasteiger partial charge in [0.15, 0.2) is 17.3 Å². The van der Waals surface area contributed by atoms with Crippen LogP contribution in [0.4, 0.5) is 20.2 Å². The van der Waals surface area contributed by atoms with E-state index >= 15 is 4.39 Å². The summed E-state index contributed by atoms with van der Waals surface area (Å²) in [4.78, 5) is 29.4. The maximum Gasteiger partial charge on any atom is 0.284 e. The average Bonchev–Trinajstić information content (AvgIpc) is 3.79. The lowest BCUT2D eigenvalue weighted by Crippen LogP contribution is -2.36. The highest BCUT2D eigenvalue weighted by Gasteiger charge is 2.26. The number of carbonyl (C=O) groups excluding carboxylic acids is 1. The molecule has 1 aliphatic heterocycles. The summed E-state index contributed by atoms with van der Waals surface area (Å²) in [6, 6.07) is 14.8. The van der Waals surface area contributed by atoms with Crippen LogP contribution in [0, 0.1) is 11.6 Å². The molecule has 1 fully saturated rings. The fourth-order valence-electron chi connectivity index (χ4n) is 5.54. The van der Waals surface area contributed by atoms with Gasteiger partial charge >= 0.3 is 0 Å². The zero-order chi connectivity index (χ0) is 31.8. The molecule has 0 atom stereocenters. The number of hydrogen-bond donors (Lipinski definition) is 2. The summed E-state index contributed by atoms with van der Waals surface area (Å²) in [5, 5.41) is 14.7. The van der Waals surface area contributed by atoms with Gasteiger partial charge in [-0.25, -0.2) is 13.5 Å². The number of morpholine rings is 1. The lowest BCUT2D eigenvalue weighted by molar-refractivity contribution is 0.102. The molecule has 46 heavy (non-hydrogen) atoms. The van der Waals surface area contributed by atoms with Crippen LogP contribution in [0.2, 0.25) is 0 Å². The van der Waals surface area contributed by atoms with E-state index in [2.05, 4.69) is 25.5 Å². The molecule has 1 amide bonds. The number of hydrogen-bond acceptors (Lipinski definition) is 7. The Labute approximate surface area is 260 Å². The van der Waals surface area contributed by atoms with Gasteiger partial charge in [0.05, 0.1) is 48.5 Å². The minimum absolute atomic E-state index is 0.0481. The van der Waals surface area contributed by atoms with E-state index in [1.165, 1.54) is 45.8 Å². The van der Waals surface area contributed by atoms with Crippen LogP contribution >= 0.6 is 0 Å². The van der Waals surface area contributed by atoms with Crippen LogP contribution in [-0.4, -0.2) is 61.6 Å². The Kier molecular flexibility index (Phi) is 7.54. The van der Waals surface area contributed by atoms with E-state index in [0.29, 0.717) is 43.4 Å². The zero-order valence-electron chi connectivity index (χ0n) is 24.6. The van der Waals surface area contributed by atoms with Gasteiger partial charge in [-0.05, 0) is 54.6 Å². The molecule has 3 aromatic carbocycles. The third kappa shape index (κ3) is 5.49. The number of aromatic nitrogens is 6. The summed E-state index contributed by atoms with van der Waals surface area (Å²) in [6.07, 6.45) is 4.94. The van der Waals surface area contributed by atoms with Gasteiger partial charge in [0, 0.05) is 49.7 Å². The Morgan fingerprint density at radius 2 is 1.87 bits per heavy atom. The van der Waals surface area contributed by atoms with E-state index in [1.54, 1.807) is 42.5 Å². The van der Waals surface area contributed by atoms with E-state index in [-0.39, 0.29) is 23.5 Å². The van der Waals surface area contributed by atoms with Crippen molar-refractivity contribution in [3.63, 3.8) is 0 Å². The number of benzene rings is 3. The first-order valence-corrected chi connectivity index (χ1v) is 14.5. The van der Waals surface area contributed by atoms with Crippen molar-refractivity contribution in [2.24, 2.45) is 7.05 Å². The molecule has 14 heteroatoms. The van der Waals surface area contributed by atoms with Crippen molar-refractivity contribution in [2.45, 2.75) is 6.54 Å². The molecule has 0 unspecified atom stereocenters. The molecule has 7 rings (SSSR count). The maximum atomic E-state index is 15.5. The second kappa shape index (κ2) is 12.0. The number of carbonyl (C=O) groups is 1. The Hall–Kier alpha value is -5.76. The second-order valence-corrected chi connectivity index (χ2v) is 10.7. The molecular formula is C32H28F2N8O4. The van der Waals surface area contributed by atoms with Crippen molar-refractivity contribution in [2.75, 3.05) is 36.5 Å². The maximum absolute atomic E-state index is 15.5. The smallest absolute Gasteiger partial charge is 0.284 e. The first kappa shape index (κ1) is 29.0. The highest BCUT2D eigenvalue weighted by molar-refractivity contribution is 6.05. The molecule has 2 N–H and O–H groups in total. The van der Waals surface area contributed by atoms with E-state index in [0.717, 1.165) is 22.7 Å². The van der Waals surface area contributed by atoms with Crippen molar-refractivity contribution >= 4 is 28.2 Å². The quantitative estimate of drug-likeness (QED) is 0.256. The molecule has 0 saturated carbocycles. The number of fused-ring (bicyclic) bond motifs is 1. The molecule has 1 aliphatic rings. The molecular weight excluding hydrogens is 598 g/mol. The van der Waals surface area contributed by atoms with Gasteiger partial charge in [-0.1, -0.05) is 0 Å².